The van der Waals surface area contributed by atoms with E-state index in [4.69, 9.17) is 4.74 Å². The summed E-state index contributed by atoms with van der Waals surface area (Å²) in [6.07, 6.45) is 0.856. The van der Waals surface area contributed by atoms with E-state index in [0.29, 0.717) is 18.7 Å². The van der Waals surface area contributed by atoms with E-state index in [2.05, 4.69) is 25.7 Å². The second-order valence-electron chi connectivity index (χ2n) is 4.75. The highest BCUT2D eigenvalue weighted by Crippen LogP contribution is 2.20. The predicted molar refractivity (Wildman–Crippen MR) is 56.4 cm³/mol. The van der Waals surface area contributed by atoms with E-state index in [9.17, 15) is 4.79 Å². The lowest BCUT2D eigenvalue weighted by Crippen LogP contribution is -2.52. The standard InChI is InChI=1S/C11H21NO2/c1-5-10(13)7-12-6-9(2)14-11(3,4)8-12/h9H,5-8H2,1-4H3. The van der Waals surface area contributed by atoms with E-state index in [-0.39, 0.29) is 11.7 Å². The van der Waals surface area contributed by atoms with Gasteiger partial charge in [-0.3, -0.25) is 9.69 Å². The molecule has 14 heavy (non-hydrogen) atoms. The molecule has 0 aromatic carbocycles. The van der Waals surface area contributed by atoms with Gasteiger partial charge in [0, 0.05) is 19.5 Å². The van der Waals surface area contributed by atoms with E-state index in [0.717, 1.165) is 13.1 Å². The summed E-state index contributed by atoms with van der Waals surface area (Å²) >= 11 is 0. The van der Waals surface area contributed by atoms with Crippen LogP contribution in [0.15, 0.2) is 0 Å². The quantitative estimate of drug-likeness (QED) is 0.689. The van der Waals surface area contributed by atoms with Gasteiger partial charge in [0.2, 0.25) is 0 Å². The number of carbonyl (C=O) groups excluding carboxylic acids is 1. The number of ketones is 1. The van der Waals surface area contributed by atoms with E-state index in [1.165, 1.54) is 0 Å². The number of hydrogen-bond acceptors (Lipinski definition) is 3. The Morgan fingerprint density at radius 3 is 2.71 bits per heavy atom. The van der Waals surface area contributed by atoms with Crippen molar-refractivity contribution in [2.45, 2.75) is 45.8 Å². The molecular formula is C11H21NO2. The fourth-order valence-electron chi connectivity index (χ4n) is 2.07. The minimum absolute atomic E-state index is 0.119. The molecule has 3 heteroatoms. The lowest BCUT2D eigenvalue weighted by atomic mass is 10.1. The number of rotatable bonds is 3. The Hall–Kier alpha value is -0.410. The molecule has 0 radical (unpaired) electrons. The Kier molecular flexibility index (Phi) is 3.67. The first-order valence-electron chi connectivity index (χ1n) is 5.35. The number of morpholine rings is 1. The van der Waals surface area contributed by atoms with Gasteiger partial charge in [-0.2, -0.15) is 0 Å². The van der Waals surface area contributed by atoms with Crippen LogP contribution in [0.3, 0.4) is 0 Å². The fraction of sp³-hybridized carbons (Fsp3) is 0.909. The maximum Gasteiger partial charge on any atom is 0.146 e. The summed E-state index contributed by atoms with van der Waals surface area (Å²) in [7, 11) is 0. The van der Waals surface area contributed by atoms with Gasteiger partial charge in [0.15, 0.2) is 0 Å². The third-order valence-electron chi connectivity index (χ3n) is 2.43. The molecule has 0 saturated carbocycles. The summed E-state index contributed by atoms with van der Waals surface area (Å²) in [5.41, 5.74) is -0.119. The molecular weight excluding hydrogens is 178 g/mol. The Labute approximate surface area is 86.4 Å². The normalized spacial score (nSPS) is 27.6. The van der Waals surface area contributed by atoms with Crippen LogP contribution in [0.4, 0.5) is 0 Å². The van der Waals surface area contributed by atoms with Crippen LogP contribution in [0.1, 0.15) is 34.1 Å². The minimum Gasteiger partial charge on any atom is -0.370 e. The molecule has 82 valence electrons. The smallest absolute Gasteiger partial charge is 0.146 e. The molecule has 0 spiro atoms. The van der Waals surface area contributed by atoms with E-state index < -0.39 is 0 Å². The molecule has 0 N–H and O–H groups in total. The monoisotopic (exact) mass is 199 g/mol. The van der Waals surface area contributed by atoms with E-state index in [1.54, 1.807) is 0 Å². The van der Waals surface area contributed by atoms with Crippen LogP contribution in [-0.2, 0) is 9.53 Å². The van der Waals surface area contributed by atoms with Crippen LogP contribution >= 0.6 is 0 Å². The van der Waals surface area contributed by atoms with Crippen molar-refractivity contribution in [3.8, 4) is 0 Å². The Balaban J connectivity index is 2.50. The molecule has 1 atom stereocenters. The van der Waals surface area contributed by atoms with Crippen molar-refractivity contribution in [2.75, 3.05) is 19.6 Å². The highest BCUT2D eigenvalue weighted by Gasteiger charge is 2.31. The van der Waals surface area contributed by atoms with Gasteiger partial charge in [0.25, 0.3) is 0 Å². The summed E-state index contributed by atoms with van der Waals surface area (Å²) in [5, 5.41) is 0. The Morgan fingerprint density at radius 1 is 1.57 bits per heavy atom. The molecule has 1 unspecified atom stereocenters. The summed E-state index contributed by atoms with van der Waals surface area (Å²) in [5.74, 6) is 0.315. The third-order valence-corrected chi connectivity index (χ3v) is 2.43. The summed E-state index contributed by atoms with van der Waals surface area (Å²) in [4.78, 5) is 13.5. The first-order valence-corrected chi connectivity index (χ1v) is 5.35. The van der Waals surface area contributed by atoms with Gasteiger partial charge in [-0.15, -0.1) is 0 Å². The van der Waals surface area contributed by atoms with Crippen molar-refractivity contribution in [3.05, 3.63) is 0 Å². The molecule has 1 heterocycles. The van der Waals surface area contributed by atoms with Crippen LogP contribution in [-0.4, -0.2) is 42.0 Å². The van der Waals surface area contributed by atoms with Gasteiger partial charge in [-0.1, -0.05) is 6.92 Å². The number of Topliss-reactive ketones (excluding diaryl/α,β-unsaturated/α-hetero) is 1. The summed E-state index contributed by atoms with van der Waals surface area (Å²) in [6, 6.07) is 0. The average molecular weight is 199 g/mol. The molecule has 0 amide bonds. The summed E-state index contributed by atoms with van der Waals surface area (Å²) < 4.78 is 5.77. The average Bonchev–Trinajstić information content (AvgIpc) is 1.99. The molecule has 1 rings (SSSR count). The van der Waals surface area contributed by atoms with Gasteiger partial charge in [-0.25, -0.2) is 0 Å². The van der Waals surface area contributed by atoms with E-state index >= 15 is 0 Å². The number of nitrogens with zero attached hydrogens (tertiary/aromatic N) is 1. The Morgan fingerprint density at radius 2 is 2.21 bits per heavy atom. The van der Waals surface area contributed by atoms with Gasteiger partial charge in [0.05, 0.1) is 18.2 Å². The first-order chi connectivity index (χ1) is 6.43. The van der Waals surface area contributed by atoms with E-state index in [1.807, 2.05) is 6.92 Å². The highest BCUT2D eigenvalue weighted by atomic mass is 16.5. The maximum atomic E-state index is 11.3. The Bertz CT molecular complexity index is 213. The summed E-state index contributed by atoms with van der Waals surface area (Å²) in [6.45, 7) is 10.4. The first kappa shape index (κ1) is 11.7. The number of carbonyl (C=O) groups is 1. The molecule has 1 aliphatic rings. The largest absolute Gasteiger partial charge is 0.370 e. The second-order valence-corrected chi connectivity index (χ2v) is 4.75. The predicted octanol–water partition coefficient (Wildman–Crippen LogP) is 1.46. The molecule has 3 nitrogen and oxygen atoms in total. The zero-order chi connectivity index (χ0) is 10.8. The second kappa shape index (κ2) is 4.41. The van der Waals surface area contributed by atoms with Crippen molar-refractivity contribution in [1.29, 1.82) is 0 Å². The minimum atomic E-state index is -0.119. The molecule has 0 aromatic heterocycles. The SMILES string of the molecule is CCC(=O)CN1CC(C)OC(C)(C)C1. The zero-order valence-corrected chi connectivity index (χ0v) is 9.67. The van der Waals surface area contributed by atoms with Crippen LogP contribution < -0.4 is 0 Å². The molecule has 1 aliphatic heterocycles. The number of hydrogen-bond donors (Lipinski definition) is 0. The molecule has 1 fully saturated rings. The van der Waals surface area contributed by atoms with Crippen molar-refractivity contribution < 1.29 is 9.53 Å². The lowest BCUT2D eigenvalue weighted by Gasteiger charge is -2.41. The van der Waals surface area contributed by atoms with Crippen LogP contribution in [0.25, 0.3) is 0 Å². The van der Waals surface area contributed by atoms with Crippen molar-refractivity contribution in [1.82, 2.24) is 4.90 Å². The molecule has 0 aromatic rings. The van der Waals surface area contributed by atoms with Crippen LogP contribution in [0.2, 0.25) is 0 Å². The topological polar surface area (TPSA) is 29.5 Å². The van der Waals surface area contributed by atoms with Gasteiger partial charge >= 0.3 is 0 Å². The highest BCUT2D eigenvalue weighted by molar-refractivity contribution is 5.80. The van der Waals surface area contributed by atoms with Gasteiger partial charge in [0.1, 0.15) is 5.78 Å². The van der Waals surface area contributed by atoms with Gasteiger partial charge < -0.3 is 4.74 Å². The van der Waals surface area contributed by atoms with Crippen LogP contribution in [0.5, 0.6) is 0 Å². The van der Waals surface area contributed by atoms with Gasteiger partial charge in [-0.05, 0) is 20.8 Å². The van der Waals surface area contributed by atoms with Crippen LogP contribution in [0, 0.1) is 0 Å². The fourth-order valence-corrected chi connectivity index (χ4v) is 2.07. The number of ether oxygens (including phenoxy) is 1. The molecule has 1 saturated heterocycles. The third kappa shape index (κ3) is 3.39. The zero-order valence-electron chi connectivity index (χ0n) is 9.67. The maximum absolute atomic E-state index is 11.3. The molecule has 0 bridgehead atoms. The van der Waals surface area contributed by atoms with Crippen molar-refractivity contribution >= 4 is 5.78 Å². The van der Waals surface area contributed by atoms with Crippen molar-refractivity contribution in [2.24, 2.45) is 0 Å². The van der Waals surface area contributed by atoms with Crippen molar-refractivity contribution in [3.63, 3.8) is 0 Å². The lowest BCUT2D eigenvalue weighted by molar-refractivity contribution is -0.138. The molecule has 0 aliphatic carbocycles.